The van der Waals surface area contributed by atoms with Crippen LogP contribution in [0.15, 0.2) is 23.6 Å². The Balaban J connectivity index is 2.53. The van der Waals surface area contributed by atoms with Crippen LogP contribution in [0.3, 0.4) is 0 Å². The molecule has 0 radical (unpaired) electrons. The largest absolute Gasteiger partial charge is 0.477 e. The highest BCUT2D eigenvalue weighted by atomic mass is 32.1. The molecule has 82 valence electrons. The first kappa shape index (κ1) is 10.6. The topological polar surface area (TPSA) is 75.1 Å². The minimum atomic E-state index is -1.06. The summed E-state index contributed by atoms with van der Waals surface area (Å²) >= 11 is 1.47. The number of aromatic nitrogens is 2. The molecule has 0 spiro atoms. The summed E-state index contributed by atoms with van der Waals surface area (Å²) in [6, 6.07) is 5.13. The Morgan fingerprint density at radius 3 is 2.88 bits per heavy atom. The van der Waals surface area contributed by atoms with Gasteiger partial charge in [0.1, 0.15) is 5.82 Å². The van der Waals surface area contributed by atoms with Crippen LogP contribution in [0, 0.1) is 0 Å². The second-order valence-corrected chi connectivity index (χ2v) is 3.94. The predicted octanol–water partition coefficient (Wildman–Crippen LogP) is 1.94. The van der Waals surface area contributed by atoms with E-state index in [-0.39, 0.29) is 5.69 Å². The van der Waals surface area contributed by atoms with Gasteiger partial charge in [-0.1, -0.05) is 6.07 Å². The lowest BCUT2D eigenvalue weighted by atomic mass is 10.3. The smallest absolute Gasteiger partial charge is 0.354 e. The molecule has 0 fully saturated rings. The molecular weight excluding hydrogens is 226 g/mol. The first-order chi connectivity index (χ1) is 7.70. The first-order valence-electron chi connectivity index (χ1n) is 4.54. The van der Waals surface area contributed by atoms with Crippen LogP contribution in [0.4, 0.5) is 5.82 Å². The van der Waals surface area contributed by atoms with Crippen molar-refractivity contribution < 1.29 is 9.90 Å². The maximum absolute atomic E-state index is 10.9. The van der Waals surface area contributed by atoms with Crippen molar-refractivity contribution >= 4 is 23.1 Å². The molecule has 2 aromatic heterocycles. The molecule has 0 saturated heterocycles. The fourth-order valence-corrected chi connectivity index (χ4v) is 1.86. The van der Waals surface area contributed by atoms with Crippen molar-refractivity contribution in [3.05, 3.63) is 29.3 Å². The zero-order valence-corrected chi connectivity index (χ0v) is 9.28. The Hall–Kier alpha value is -1.95. The van der Waals surface area contributed by atoms with Gasteiger partial charge in [0.15, 0.2) is 11.5 Å². The van der Waals surface area contributed by atoms with Crippen LogP contribution in [0.5, 0.6) is 0 Å². The van der Waals surface area contributed by atoms with E-state index in [1.165, 1.54) is 17.4 Å². The molecule has 2 aromatic rings. The maximum Gasteiger partial charge on any atom is 0.354 e. The van der Waals surface area contributed by atoms with Gasteiger partial charge in [-0.3, -0.25) is 0 Å². The quantitative estimate of drug-likeness (QED) is 0.850. The number of carboxylic acid groups (broad SMARTS) is 1. The molecule has 0 atom stereocenters. The third-order valence-electron chi connectivity index (χ3n) is 1.94. The van der Waals surface area contributed by atoms with E-state index in [4.69, 9.17) is 5.11 Å². The third kappa shape index (κ3) is 2.01. The number of rotatable bonds is 3. The van der Waals surface area contributed by atoms with Crippen LogP contribution < -0.4 is 5.32 Å². The summed E-state index contributed by atoms with van der Waals surface area (Å²) < 4.78 is 0. The molecule has 0 bridgehead atoms. The lowest BCUT2D eigenvalue weighted by molar-refractivity contribution is 0.0690. The van der Waals surface area contributed by atoms with E-state index in [0.29, 0.717) is 11.6 Å². The highest BCUT2D eigenvalue weighted by Gasteiger charge is 2.11. The van der Waals surface area contributed by atoms with Crippen LogP contribution in [0.1, 0.15) is 10.5 Å². The SMILES string of the molecule is CNc1cc(C(=O)O)nc(-c2cccs2)n1. The van der Waals surface area contributed by atoms with Gasteiger partial charge in [-0.25, -0.2) is 14.8 Å². The number of carbonyl (C=O) groups is 1. The Morgan fingerprint density at radius 2 is 2.31 bits per heavy atom. The normalized spacial score (nSPS) is 10.1. The van der Waals surface area contributed by atoms with E-state index >= 15 is 0 Å². The second kappa shape index (κ2) is 4.28. The lowest BCUT2D eigenvalue weighted by Crippen LogP contribution is -2.05. The van der Waals surface area contributed by atoms with E-state index < -0.39 is 5.97 Å². The number of hydrogen-bond acceptors (Lipinski definition) is 5. The van der Waals surface area contributed by atoms with Crippen LogP contribution in [-0.4, -0.2) is 28.1 Å². The highest BCUT2D eigenvalue weighted by Crippen LogP contribution is 2.22. The van der Waals surface area contributed by atoms with Gasteiger partial charge in [0.25, 0.3) is 0 Å². The number of hydrogen-bond donors (Lipinski definition) is 2. The summed E-state index contributed by atoms with van der Waals surface area (Å²) in [5, 5.41) is 13.6. The molecule has 0 unspecified atom stereocenters. The first-order valence-corrected chi connectivity index (χ1v) is 5.42. The van der Waals surface area contributed by atoms with Crippen LogP contribution >= 0.6 is 11.3 Å². The van der Waals surface area contributed by atoms with Gasteiger partial charge in [-0.05, 0) is 11.4 Å². The standard InChI is InChI=1S/C10H9N3O2S/c1-11-8-5-6(10(14)15)12-9(13-8)7-3-2-4-16-7/h2-5H,1H3,(H,14,15)(H,11,12,13). The monoisotopic (exact) mass is 235 g/mol. The molecule has 2 heterocycles. The molecule has 0 saturated carbocycles. The van der Waals surface area contributed by atoms with E-state index in [2.05, 4.69) is 15.3 Å². The maximum atomic E-state index is 10.9. The van der Waals surface area contributed by atoms with Crippen molar-refractivity contribution in [2.24, 2.45) is 0 Å². The highest BCUT2D eigenvalue weighted by molar-refractivity contribution is 7.13. The van der Waals surface area contributed by atoms with Crippen molar-refractivity contribution in [3.8, 4) is 10.7 Å². The van der Waals surface area contributed by atoms with Gasteiger partial charge >= 0.3 is 5.97 Å². The fourth-order valence-electron chi connectivity index (χ4n) is 1.20. The van der Waals surface area contributed by atoms with E-state index in [1.807, 2.05) is 17.5 Å². The van der Waals surface area contributed by atoms with E-state index in [0.717, 1.165) is 4.88 Å². The number of carboxylic acids is 1. The second-order valence-electron chi connectivity index (χ2n) is 2.99. The Morgan fingerprint density at radius 1 is 1.50 bits per heavy atom. The zero-order valence-electron chi connectivity index (χ0n) is 8.47. The van der Waals surface area contributed by atoms with Crippen LogP contribution in [0.2, 0.25) is 0 Å². The van der Waals surface area contributed by atoms with E-state index in [1.54, 1.807) is 7.05 Å². The number of aromatic carboxylic acids is 1. The van der Waals surface area contributed by atoms with Crippen molar-refractivity contribution in [3.63, 3.8) is 0 Å². The lowest BCUT2D eigenvalue weighted by Gasteiger charge is -2.03. The third-order valence-corrected chi connectivity index (χ3v) is 2.81. The molecule has 0 aliphatic rings. The number of thiophene rings is 1. The molecule has 2 rings (SSSR count). The molecule has 16 heavy (non-hydrogen) atoms. The summed E-state index contributed by atoms with van der Waals surface area (Å²) in [6.45, 7) is 0. The number of nitrogens with zero attached hydrogens (tertiary/aromatic N) is 2. The molecule has 5 nitrogen and oxygen atoms in total. The van der Waals surface area contributed by atoms with Crippen molar-refractivity contribution in [1.29, 1.82) is 0 Å². The fraction of sp³-hybridized carbons (Fsp3) is 0.100. The zero-order chi connectivity index (χ0) is 11.5. The molecule has 0 amide bonds. The predicted molar refractivity (Wildman–Crippen MR) is 61.9 cm³/mol. The van der Waals surface area contributed by atoms with Gasteiger partial charge in [0, 0.05) is 13.1 Å². The minimum Gasteiger partial charge on any atom is -0.477 e. The van der Waals surface area contributed by atoms with Gasteiger partial charge in [-0.2, -0.15) is 0 Å². The summed E-state index contributed by atoms with van der Waals surface area (Å²) in [7, 11) is 1.69. The van der Waals surface area contributed by atoms with Crippen molar-refractivity contribution in [2.75, 3.05) is 12.4 Å². The minimum absolute atomic E-state index is 0.0113. The van der Waals surface area contributed by atoms with Gasteiger partial charge in [0.2, 0.25) is 0 Å². The Labute approximate surface area is 95.8 Å². The molecular formula is C10H9N3O2S. The summed E-state index contributed by atoms with van der Waals surface area (Å²) in [5.74, 6) is -0.133. The summed E-state index contributed by atoms with van der Waals surface area (Å²) in [4.78, 5) is 19.9. The molecule has 2 N–H and O–H groups in total. The van der Waals surface area contributed by atoms with E-state index in [9.17, 15) is 4.79 Å². The Kier molecular flexibility index (Phi) is 2.82. The van der Waals surface area contributed by atoms with Crippen molar-refractivity contribution in [1.82, 2.24) is 9.97 Å². The van der Waals surface area contributed by atoms with Gasteiger partial charge in [0.05, 0.1) is 4.88 Å². The summed E-state index contributed by atoms with van der Waals surface area (Å²) in [6.07, 6.45) is 0. The molecule has 6 heteroatoms. The Bertz CT molecular complexity index is 511. The average molecular weight is 235 g/mol. The number of nitrogens with one attached hydrogen (secondary N) is 1. The van der Waals surface area contributed by atoms with Crippen molar-refractivity contribution in [2.45, 2.75) is 0 Å². The molecule has 0 aliphatic carbocycles. The number of anilines is 1. The average Bonchev–Trinajstić information content (AvgIpc) is 2.81. The van der Waals surface area contributed by atoms with Gasteiger partial charge in [-0.15, -0.1) is 11.3 Å². The van der Waals surface area contributed by atoms with Crippen LogP contribution in [0.25, 0.3) is 10.7 Å². The molecule has 0 aromatic carbocycles. The van der Waals surface area contributed by atoms with Gasteiger partial charge < -0.3 is 10.4 Å². The summed E-state index contributed by atoms with van der Waals surface area (Å²) in [5.41, 5.74) is -0.0113. The molecule has 0 aliphatic heterocycles. The van der Waals surface area contributed by atoms with Crippen LogP contribution in [-0.2, 0) is 0 Å².